The van der Waals surface area contributed by atoms with Crippen LogP contribution in [0.25, 0.3) is 0 Å². The van der Waals surface area contributed by atoms with Crippen LogP contribution in [-0.4, -0.2) is 0 Å². The van der Waals surface area contributed by atoms with Crippen LogP contribution in [0, 0.1) is 17.5 Å². The quantitative estimate of drug-likeness (QED) is 0.617. The van der Waals surface area contributed by atoms with Gasteiger partial charge in [-0.3, -0.25) is 0 Å². The van der Waals surface area contributed by atoms with Gasteiger partial charge in [0.1, 0.15) is 12.4 Å². The molecule has 0 aliphatic carbocycles. The Bertz CT molecular complexity index is 727. The highest BCUT2D eigenvalue weighted by atomic mass is 19.2. The molecule has 0 fully saturated rings. The minimum absolute atomic E-state index is 0.0608. The van der Waals surface area contributed by atoms with E-state index < -0.39 is 11.6 Å². The second-order valence-electron chi connectivity index (χ2n) is 5.24. The molecule has 0 atom stereocenters. The van der Waals surface area contributed by atoms with Crippen LogP contribution in [0.1, 0.15) is 31.4 Å². The summed E-state index contributed by atoms with van der Waals surface area (Å²) in [6.07, 6.45) is 4.30. The van der Waals surface area contributed by atoms with Crippen molar-refractivity contribution in [1.82, 2.24) is 0 Å². The minimum atomic E-state index is -1.14. The molecule has 0 bridgehead atoms. The highest BCUT2D eigenvalue weighted by Gasteiger charge is 2.15. The van der Waals surface area contributed by atoms with Gasteiger partial charge in [0.05, 0.1) is 6.26 Å². The fraction of sp³-hybridized carbons (Fsp3) is 0.263. The molecular weight excluding hydrogens is 317 g/mol. The van der Waals surface area contributed by atoms with Crippen LogP contribution < -0.4 is 9.47 Å². The maximum atomic E-state index is 14.0. The molecule has 0 N–H and O–H groups in total. The number of halogens is 3. The van der Waals surface area contributed by atoms with Gasteiger partial charge in [0.15, 0.2) is 11.5 Å². The zero-order valence-electron chi connectivity index (χ0n) is 13.6. The van der Waals surface area contributed by atoms with E-state index in [4.69, 9.17) is 9.47 Å². The van der Waals surface area contributed by atoms with Crippen molar-refractivity contribution in [2.75, 3.05) is 0 Å². The van der Waals surface area contributed by atoms with Crippen LogP contribution in [0.3, 0.4) is 0 Å². The first-order chi connectivity index (χ1) is 11.6. The summed E-state index contributed by atoms with van der Waals surface area (Å²) < 4.78 is 51.9. The molecule has 5 heteroatoms. The van der Waals surface area contributed by atoms with E-state index in [1.54, 1.807) is 25.1 Å². The maximum Gasteiger partial charge on any atom is 0.205 e. The molecule has 0 saturated carbocycles. The van der Waals surface area contributed by atoms with Gasteiger partial charge in [-0.25, -0.2) is 4.39 Å². The Labute approximate surface area is 139 Å². The molecule has 0 heterocycles. The molecule has 0 unspecified atom stereocenters. The predicted octanol–water partition coefficient (Wildman–Crippen LogP) is 5.55. The highest BCUT2D eigenvalue weighted by Crippen LogP contribution is 2.28. The molecule has 24 heavy (non-hydrogen) atoms. The van der Waals surface area contributed by atoms with Crippen LogP contribution in [0.5, 0.6) is 11.5 Å². The highest BCUT2D eigenvalue weighted by molar-refractivity contribution is 5.35. The van der Waals surface area contributed by atoms with Crippen molar-refractivity contribution in [2.24, 2.45) is 0 Å². The molecule has 0 aromatic heterocycles. The minimum Gasteiger partial charge on any atom is -0.486 e. The lowest BCUT2D eigenvalue weighted by Gasteiger charge is -2.10. The van der Waals surface area contributed by atoms with E-state index in [2.05, 4.69) is 0 Å². The number of benzene rings is 2. The van der Waals surface area contributed by atoms with Gasteiger partial charge < -0.3 is 9.47 Å². The normalized spacial score (nSPS) is 11.0. The first kappa shape index (κ1) is 17.9. The monoisotopic (exact) mass is 336 g/mol. The summed E-state index contributed by atoms with van der Waals surface area (Å²) in [5.74, 6) is -3.07. The average molecular weight is 336 g/mol. The molecule has 0 radical (unpaired) electrons. The van der Waals surface area contributed by atoms with Gasteiger partial charge >= 0.3 is 0 Å². The molecule has 0 spiro atoms. The summed E-state index contributed by atoms with van der Waals surface area (Å²) in [5.41, 5.74) is 1.17. The van der Waals surface area contributed by atoms with E-state index in [0.717, 1.165) is 6.42 Å². The largest absolute Gasteiger partial charge is 0.486 e. The lowest BCUT2D eigenvalue weighted by atomic mass is 10.1. The number of hydrogen-bond donors (Lipinski definition) is 0. The van der Waals surface area contributed by atoms with Gasteiger partial charge in [-0.1, -0.05) is 31.6 Å². The van der Waals surface area contributed by atoms with Gasteiger partial charge in [-0.05, 0) is 42.7 Å². The van der Waals surface area contributed by atoms with Gasteiger partial charge in [0, 0.05) is 0 Å². The summed E-state index contributed by atoms with van der Waals surface area (Å²) >= 11 is 0. The third-order valence-corrected chi connectivity index (χ3v) is 3.37. The van der Waals surface area contributed by atoms with E-state index in [0.29, 0.717) is 17.5 Å². The molecule has 0 aliphatic rings. The smallest absolute Gasteiger partial charge is 0.205 e. The average Bonchev–Trinajstić information content (AvgIpc) is 2.57. The van der Waals surface area contributed by atoms with Crippen molar-refractivity contribution in [3.63, 3.8) is 0 Å². The molecule has 0 saturated heterocycles. The van der Waals surface area contributed by atoms with Crippen LogP contribution >= 0.6 is 0 Å². The Morgan fingerprint density at radius 1 is 1.00 bits per heavy atom. The summed E-state index contributed by atoms with van der Waals surface area (Å²) in [5, 5.41) is 0. The molecule has 128 valence electrons. The molecule has 0 amide bonds. The zero-order chi connectivity index (χ0) is 17.5. The standard InChI is InChI=1S/C19H19F3O2/c1-3-5-14-7-6-13(11-15(14)20)12-24-17-9-8-16(23-10-4-2)18(21)19(17)22/h4,6-11H,3,5,12H2,1-2H3/b10-4+. The van der Waals surface area contributed by atoms with Crippen LogP contribution in [-0.2, 0) is 13.0 Å². The molecule has 0 aliphatic heterocycles. The number of ether oxygens (including phenoxy) is 2. The summed E-state index contributed by atoms with van der Waals surface area (Å²) in [6, 6.07) is 7.30. The zero-order valence-corrected chi connectivity index (χ0v) is 13.6. The van der Waals surface area contributed by atoms with Crippen molar-refractivity contribution < 1.29 is 22.6 Å². The van der Waals surface area contributed by atoms with E-state index in [-0.39, 0.29) is 23.9 Å². The third-order valence-electron chi connectivity index (χ3n) is 3.37. The second-order valence-corrected chi connectivity index (χ2v) is 5.24. The maximum absolute atomic E-state index is 14.0. The van der Waals surface area contributed by atoms with Crippen LogP contribution in [0.15, 0.2) is 42.7 Å². The van der Waals surface area contributed by atoms with Gasteiger partial charge in [-0.2, -0.15) is 8.78 Å². The third kappa shape index (κ3) is 4.31. The van der Waals surface area contributed by atoms with E-state index in [9.17, 15) is 13.2 Å². The van der Waals surface area contributed by atoms with Gasteiger partial charge in [0.2, 0.25) is 11.6 Å². The Hall–Kier alpha value is -2.43. The van der Waals surface area contributed by atoms with Crippen molar-refractivity contribution >= 4 is 0 Å². The van der Waals surface area contributed by atoms with Crippen LogP contribution in [0.4, 0.5) is 13.2 Å². The van der Waals surface area contributed by atoms with Gasteiger partial charge in [0.25, 0.3) is 0 Å². The predicted molar refractivity (Wildman–Crippen MR) is 86.5 cm³/mol. The molecule has 2 rings (SSSR count). The van der Waals surface area contributed by atoms with Gasteiger partial charge in [-0.15, -0.1) is 0 Å². The summed E-state index contributed by atoms with van der Waals surface area (Å²) in [4.78, 5) is 0. The molecule has 2 nitrogen and oxygen atoms in total. The number of hydrogen-bond acceptors (Lipinski definition) is 2. The topological polar surface area (TPSA) is 18.5 Å². The number of rotatable bonds is 7. The van der Waals surface area contributed by atoms with Crippen molar-refractivity contribution in [3.8, 4) is 11.5 Å². The lowest BCUT2D eigenvalue weighted by Crippen LogP contribution is -2.01. The number of aryl methyl sites for hydroxylation is 1. The fourth-order valence-corrected chi connectivity index (χ4v) is 2.17. The Morgan fingerprint density at radius 3 is 2.38 bits per heavy atom. The van der Waals surface area contributed by atoms with E-state index >= 15 is 0 Å². The van der Waals surface area contributed by atoms with Crippen LogP contribution in [0.2, 0.25) is 0 Å². The fourth-order valence-electron chi connectivity index (χ4n) is 2.17. The lowest BCUT2D eigenvalue weighted by molar-refractivity contribution is 0.281. The second kappa shape index (κ2) is 8.43. The van der Waals surface area contributed by atoms with E-state index in [1.165, 1.54) is 24.5 Å². The van der Waals surface area contributed by atoms with Crippen molar-refractivity contribution in [3.05, 3.63) is 71.2 Å². The molecular formula is C19H19F3O2. The Kier molecular flexibility index (Phi) is 6.29. The molecule has 2 aromatic carbocycles. The first-order valence-electron chi connectivity index (χ1n) is 7.72. The van der Waals surface area contributed by atoms with Crippen molar-refractivity contribution in [1.29, 1.82) is 0 Å². The van der Waals surface area contributed by atoms with E-state index in [1.807, 2.05) is 6.92 Å². The Morgan fingerprint density at radius 2 is 1.71 bits per heavy atom. The SMILES string of the molecule is C/C=C/Oc1ccc(OCc2ccc(CCC)c(F)c2)c(F)c1F. The van der Waals surface area contributed by atoms with Crippen molar-refractivity contribution in [2.45, 2.75) is 33.3 Å². The Balaban J connectivity index is 2.09. The number of allylic oxidation sites excluding steroid dienone is 1. The summed E-state index contributed by atoms with van der Waals surface area (Å²) in [6.45, 7) is 3.60. The molecule has 2 aromatic rings. The first-order valence-corrected chi connectivity index (χ1v) is 7.72. The summed E-state index contributed by atoms with van der Waals surface area (Å²) in [7, 11) is 0.